The molecule has 1 atom stereocenters. The first-order chi connectivity index (χ1) is 11.7. The lowest BCUT2D eigenvalue weighted by molar-refractivity contribution is 0.0930. The number of nitrogens with zero attached hydrogens (tertiary/aromatic N) is 2. The molecule has 2 aromatic heterocycles. The Morgan fingerprint density at radius 2 is 1.88 bits per heavy atom. The van der Waals surface area contributed by atoms with Crippen LogP contribution in [0.3, 0.4) is 0 Å². The van der Waals surface area contributed by atoms with Gasteiger partial charge in [-0.05, 0) is 37.6 Å². The third kappa shape index (κ3) is 3.38. The normalized spacial score (nSPS) is 11.9. The molecule has 1 N–H and O–H groups in total. The van der Waals surface area contributed by atoms with Crippen LogP contribution >= 0.6 is 0 Å². The molecule has 4 nitrogen and oxygen atoms in total. The fraction of sp³-hybridized carbons (Fsp3) is 0.200. The van der Waals surface area contributed by atoms with Crippen molar-refractivity contribution in [3.63, 3.8) is 0 Å². The minimum atomic E-state index is -0.140. The van der Waals surface area contributed by atoms with Gasteiger partial charge in [0.2, 0.25) is 0 Å². The molecule has 0 saturated carbocycles. The van der Waals surface area contributed by atoms with Crippen molar-refractivity contribution in [2.45, 2.75) is 26.4 Å². The highest BCUT2D eigenvalue weighted by atomic mass is 16.2. The summed E-state index contributed by atoms with van der Waals surface area (Å²) in [6.07, 6.45) is 3.76. The SMILES string of the molecule is CCn1cc(-c2ccccc2)cc1C(=O)N[C@H](C)c1ccccn1. The maximum Gasteiger partial charge on any atom is 0.268 e. The van der Waals surface area contributed by atoms with E-state index in [1.165, 1.54) is 0 Å². The van der Waals surface area contributed by atoms with E-state index in [0.717, 1.165) is 23.4 Å². The second-order valence-electron chi connectivity index (χ2n) is 5.72. The molecule has 122 valence electrons. The molecule has 0 spiro atoms. The van der Waals surface area contributed by atoms with Gasteiger partial charge in [-0.25, -0.2) is 0 Å². The Kier molecular flexibility index (Phi) is 4.75. The van der Waals surface area contributed by atoms with Gasteiger partial charge in [0, 0.05) is 24.5 Å². The molecule has 3 aromatic rings. The molecule has 0 unspecified atom stereocenters. The van der Waals surface area contributed by atoms with Crippen LogP contribution in [0.15, 0.2) is 67.0 Å². The lowest BCUT2D eigenvalue weighted by Gasteiger charge is -2.14. The Balaban J connectivity index is 1.83. The minimum Gasteiger partial charge on any atom is -0.343 e. The first-order valence-electron chi connectivity index (χ1n) is 8.16. The number of rotatable bonds is 5. The summed E-state index contributed by atoms with van der Waals surface area (Å²) in [5.41, 5.74) is 3.67. The summed E-state index contributed by atoms with van der Waals surface area (Å²) in [5, 5.41) is 3.03. The van der Waals surface area contributed by atoms with E-state index in [-0.39, 0.29) is 11.9 Å². The summed E-state index contributed by atoms with van der Waals surface area (Å²) >= 11 is 0. The number of hydrogen-bond donors (Lipinski definition) is 1. The zero-order valence-electron chi connectivity index (χ0n) is 13.9. The van der Waals surface area contributed by atoms with E-state index in [1.807, 2.05) is 79.2 Å². The number of carbonyl (C=O) groups excluding carboxylic acids is 1. The average molecular weight is 319 g/mol. The maximum atomic E-state index is 12.7. The topological polar surface area (TPSA) is 46.9 Å². The molecule has 0 radical (unpaired) electrons. The lowest BCUT2D eigenvalue weighted by Crippen LogP contribution is -2.28. The van der Waals surface area contributed by atoms with Crippen LogP contribution < -0.4 is 5.32 Å². The van der Waals surface area contributed by atoms with Gasteiger partial charge >= 0.3 is 0 Å². The first-order valence-corrected chi connectivity index (χ1v) is 8.16. The van der Waals surface area contributed by atoms with Crippen molar-refractivity contribution in [2.24, 2.45) is 0 Å². The molecule has 0 aliphatic carbocycles. The Morgan fingerprint density at radius 1 is 1.12 bits per heavy atom. The third-order valence-electron chi connectivity index (χ3n) is 4.06. The lowest BCUT2D eigenvalue weighted by atomic mass is 10.1. The Bertz CT molecular complexity index is 809. The van der Waals surface area contributed by atoms with Crippen molar-refractivity contribution in [3.8, 4) is 11.1 Å². The fourth-order valence-corrected chi connectivity index (χ4v) is 2.73. The van der Waals surface area contributed by atoms with Gasteiger partial charge in [0.1, 0.15) is 5.69 Å². The summed E-state index contributed by atoms with van der Waals surface area (Å²) in [7, 11) is 0. The van der Waals surface area contributed by atoms with Crippen LogP contribution in [0, 0.1) is 0 Å². The van der Waals surface area contributed by atoms with Crippen molar-refractivity contribution >= 4 is 5.91 Å². The van der Waals surface area contributed by atoms with Crippen LogP contribution in [0.4, 0.5) is 0 Å². The number of aromatic nitrogens is 2. The van der Waals surface area contributed by atoms with Gasteiger partial charge in [-0.1, -0.05) is 36.4 Å². The number of nitrogens with one attached hydrogen (secondary N) is 1. The van der Waals surface area contributed by atoms with Gasteiger partial charge in [-0.2, -0.15) is 0 Å². The zero-order valence-corrected chi connectivity index (χ0v) is 13.9. The van der Waals surface area contributed by atoms with Gasteiger partial charge in [0.25, 0.3) is 5.91 Å². The number of aryl methyl sites for hydroxylation is 1. The Labute approximate surface area is 142 Å². The van der Waals surface area contributed by atoms with Crippen LogP contribution in [0.2, 0.25) is 0 Å². The van der Waals surface area contributed by atoms with E-state index in [4.69, 9.17) is 0 Å². The maximum absolute atomic E-state index is 12.7. The Hall–Kier alpha value is -2.88. The average Bonchev–Trinajstić information content (AvgIpc) is 3.08. The largest absolute Gasteiger partial charge is 0.343 e. The molecule has 0 aliphatic heterocycles. The fourth-order valence-electron chi connectivity index (χ4n) is 2.73. The van der Waals surface area contributed by atoms with Crippen molar-refractivity contribution in [1.29, 1.82) is 0 Å². The summed E-state index contributed by atoms with van der Waals surface area (Å²) < 4.78 is 1.98. The quantitative estimate of drug-likeness (QED) is 0.771. The molecule has 4 heteroatoms. The smallest absolute Gasteiger partial charge is 0.268 e. The number of carbonyl (C=O) groups is 1. The second kappa shape index (κ2) is 7.13. The van der Waals surface area contributed by atoms with E-state index < -0.39 is 0 Å². The molecule has 0 saturated heterocycles. The number of pyridine rings is 1. The van der Waals surface area contributed by atoms with E-state index in [1.54, 1.807) is 6.20 Å². The highest BCUT2D eigenvalue weighted by molar-refractivity contribution is 5.94. The van der Waals surface area contributed by atoms with Gasteiger partial charge in [0.05, 0.1) is 11.7 Å². The molecular formula is C20H21N3O. The third-order valence-corrected chi connectivity index (χ3v) is 4.06. The van der Waals surface area contributed by atoms with Crippen molar-refractivity contribution < 1.29 is 4.79 Å². The highest BCUT2D eigenvalue weighted by Gasteiger charge is 2.17. The molecule has 24 heavy (non-hydrogen) atoms. The minimum absolute atomic E-state index is 0.0859. The zero-order chi connectivity index (χ0) is 16.9. The molecule has 0 fully saturated rings. The molecule has 1 aromatic carbocycles. The van der Waals surface area contributed by atoms with Crippen molar-refractivity contribution in [2.75, 3.05) is 0 Å². The van der Waals surface area contributed by atoms with E-state index in [2.05, 4.69) is 10.3 Å². The summed E-state index contributed by atoms with van der Waals surface area (Å²) in [6, 6.07) is 17.6. The second-order valence-corrected chi connectivity index (χ2v) is 5.72. The number of benzene rings is 1. The Morgan fingerprint density at radius 3 is 2.54 bits per heavy atom. The monoisotopic (exact) mass is 319 g/mol. The number of hydrogen-bond acceptors (Lipinski definition) is 2. The molecule has 2 heterocycles. The van der Waals surface area contributed by atoms with Gasteiger partial charge in [-0.3, -0.25) is 9.78 Å². The van der Waals surface area contributed by atoms with Crippen LogP contribution in [-0.4, -0.2) is 15.5 Å². The summed E-state index contributed by atoms with van der Waals surface area (Å²) in [6.45, 7) is 4.72. The summed E-state index contributed by atoms with van der Waals surface area (Å²) in [5.74, 6) is -0.0859. The predicted octanol–water partition coefficient (Wildman–Crippen LogP) is 4.06. The van der Waals surface area contributed by atoms with Crippen LogP contribution in [0.25, 0.3) is 11.1 Å². The highest BCUT2D eigenvalue weighted by Crippen LogP contribution is 2.22. The van der Waals surface area contributed by atoms with Gasteiger partial charge in [-0.15, -0.1) is 0 Å². The van der Waals surface area contributed by atoms with Crippen LogP contribution in [0.1, 0.15) is 36.1 Å². The first kappa shape index (κ1) is 16.0. The van der Waals surface area contributed by atoms with Crippen LogP contribution in [-0.2, 0) is 6.54 Å². The van der Waals surface area contributed by atoms with Gasteiger partial charge in [0.15, 0.2) is 0 Å². The molecule has 0 bridgehead atoms. The van der Waals surface area contributed by atoms with Crippen LogP contribution in [0.5, 0.6) is 0 Å². The van der Waals surface area contributed by atoms with Gasteiger partial charge < -0.3 is 9.88 Å². The molecule has 0 aliphatic rings. The summed E-state index contributed by atoms with van der Waals surface area (Å²) in [4.78, 5) is 17.0. The standard InChI is InChI=1S/C20H21N3O/c1-3-23-14-17(16-9-5-4-6-10-16)13-19(23)20(24)22-15(2)18-11-7-8-12-21-18/h4-15H,3H2,1-2H3,(H,22,24)/t15-/m1/s1. The number of amides is 1. The molecular weight excluding hydrogens is 298 g/mol. The molecule has 1 amide bonds. The van der Waals surface area contributed by atoms with E-state index in [0.29, 0.717) is 5.69 Å². The molecule has 3 rings (SSSR count). The van der Waals surface area contributed by atoms with E-state index in [9.17, 15) is 4.79 Å². The predicted molar refractivity (Wildman–Crippen MR) is 95.7 cm³/mol. The van der Waals surface area contributed by atoms with Crippen molar-refractivity contribution in [3.05, 3.63) is 78.4 Å². The van der Waals surface area contributed by atoms with E-state index >= 15 is 0 Å². The van der Waals surface area contributed by atoms with Crippen molar-refractivity contribution in [1.82, 2.24) is 14.9 Å².